The van der Waals surface area contributed by atoms with Crippen molar-refractivity contribution < 1.29 is 41.8 Å². The predicted octanol–water partition coefficient (Wildman–Crippen LogP) is 4.76. The number of carbonyl (C=O) groups is 1. The zero-order chi connectivity index (χ0) is 30.7. The van der Waals surface area contributed by atoms with Gasteiger partial charge in [-0.3, -0.25) is 4.79 Å². The molecule has 4 aromatic rings. The Hall–Kier alpha value is -4.37. The van der Waals surface area contributed by atoms with Crippen LogP contribution < -0.4 is 4.74 Å². The van der Waals surface area contributed by atoms with Gasteiger partial charge >= 0.3 is 12.1 Å². The molecule has 0 aliphatic carbocycles. The molecular formula is C28H28F4N6O5. The molecule has 0 amide bonds. The number of aromatic nitrogens is 5. The average molecular weight is 605 g/mol. The van der Waals surface area contributed by atoms with E-state index in [4.69, 9.17) is 14.4 Å². The average Bonchev–Trinajstić information content (AvgIpc) is 3.61. The second-order valence-corrected chi connectivity index (χ2v) is 10.2. The van der Waals surface area contributed by atoms with E-state index in [0.29, 0.717) is 28.9 Å². The van der Waals surface area contributed by atoms with E-state index >= 15 is 0 Å². The third-order valence-electron chi connectivity index (χ3n) is 7.05. The molecule has 0 spiro atoms. The van der Waals surface area contributed by atoms with E-state index in [9.17, 15) is 27.5 Å². The fourth-order valence-corrected chi connectivity index (χ4v) is 5.14. The summed E-state index contributed by atoms with van der Waals surface area (Å²) in [7, 11) is 0. The topological polar surface area (TPSA) is 140 Å². The van der Waals surface area contributed by atoms with E-state index in [1.165, 1.54) is 0 Å². The molecule has 1 aliphatic rings. The number of likely N-dealkylation sites (tertiary alicyclic amines) is 1. The number of hydrogen-bond acceptors (Lipinski definition) is 9. The molecule has 5 rings (SSSR count). The number of rotatable bonds is 10. The van der Waals surface area contributed by atoms with Crippen LogP contribution >= 0.6 is 0 Å². The molecule has 1 saturated heterocycles. The second-order valence-electron chi connectivity index (χ2n) is 10.2. The van der Waals surface area contributed by atoms with Crippen molar-refractivity contribution in [3.8, 4) is 34.4 Å². The normalized spacial score (nSPS) is 16.7. The lowest BCUT2D eigenvalue weighted by Gasteiger charge is -2.33. The highest BCUT2D eigenvalue weighted by Gasteiger charge is 2.41. The van der Waals surface area contributed by atoms with E-state index < -0.39 is 47.0 Å². The number of benzene rings is 1. The second kappa shape index (κ2) is 12.5. The third-order valence-corrected chi connectivity index (χ3v) is 7.05. The molecule has 1 aromatic carbocycles. The molecule has 2 atom stereocenters. The number of aliphatic hydroxyl groups excluding tert-OH is 1. The molecule has 11 nitrogen and oxygen atoms in total. The lowest BCUT2D eigenvalue weighted by Crippen LogP contribution is -2.38. The number of carboxylic acid groups (broad SMARTS) is 1. The molecule has 1 aliphatic heterocycles. The minimum absolute atomic E-state index is 0.00479. The number of piperidine rings is 1. The number of halogens is 4. The highest BCUT2D eigenvalue weighted by atomic mass is 19.4. The monoisotopic (exact) mass is 604 g/mol. The summed E-state index contributed by atoms with van der Waals surface area (Å²) < 4.78 is 67.8. The highest BCUT2D eigenvalue weighted by Crippen LogP contribution is 2.38. The lowest BCUT2D eigenvalue weighted by atomic mass is 9.94. The molecule has 2 N–H and O–H groups in total. The van der Waals surface area contributed by atoms with Crippen LogP contribution in [0, 0.1) is 11.7 Å². The molecule has 1 fully saturated rings. The number of aliphatic carboxylic acids is 1. The standard InChI is InChI=1S/C28H28F4N6O5/c1-2-42-19-11-21(29)26(33-12-19)38-24(28(30,31)32)20(13-34-38)27-35-25(36-43-27)18-7-5-17(6-8-18)22(39)15-37-9-3-4-16(14-37)10-23(40)41/h5-8,11-13,16,22,39H,2-4,9-10,14-15H2,1H3,(H,40,41). The maximum absolute atomic E-state index is 14.7. The third kappa shape index (κ3) is 6.83. The van der Waals surface area contributed by atoms with Crippen LogP contribution in [0.3, 0.4) is 0 Å². The first-order valence-corrected chi connectivity index (χ1v) is 13.5. The van der Waals surface area contributed by atoms with Crippen molar-refractivity contribution in [2.45, 2.75) is 38.5 Å². The summed E-state index contributed by atoms with van der Waals surface area (Å²) in [6, 6.07) is 7.41. The summed E-state index contributed by atoms with van der Waals surface area (Å²) in [4.78, 5) is 21.0. The van der Waals surface area contributed by atoms with Crippen molar-refractivity contribution in [1.82, 2.24) is 29.8 Å². The Morgan fingerprint density at radius 3 is 2.67 bits per heavy atom. The van der Waals surface area contributed by atoms with Crippen LogP contribution in [-0.4, -0.2) is 72.2 Å². The summed E-state index contributed by atoms with van der Waals surface area (Å²) in [6.07, 6.45) is -2.10. The fraction of sp³-hybridized carbons (Fsp3) is 0.393. The maximum Gasteiger partial charge on any atom is 0.434 e. The molecule has 0 saturated carbocycles. The van der Waals surface area contributed by atoms with E-state index in [2.05, 4.69) is 20.2 Å². The predicted molar refractivity (Wildman–Crippen MR) is 143 cm³/mol. The van der Waals surface area contributed by atoms with Gasteiger partial charge in [0.25, 0.3) is 5.89 Å². The molecule has 3 aromatic heterocycles. The van der Waals surface area contributed by atoms with Crippen LogP contribution in [0.15, 0.2) is 47.2 Å². The SMILES string of the molecule is CCOc1cnc(-n2ncc(-c3nc(-c4ccc(C(O)CN5CCCC(CC(=O)O)C5)cc4)no3)c2C(F)(F)F)c(F)c1. The first-order chi connectivity index (χ1) is 20.5. The number of β-amino-alcohol motifs (C(OH)–C–C–N with tert-alkyl or cyclic N) is 1. The Balaban J connectivity index is 1.34. The number of pyridine rings is 1. The van der Waals surface area contributed by atoms with Crippen LogP contribution in [0.2, 0.25) is 0 Å². The van der Waals surface area contributed by atoms with E-state index in [1.807, 2.05) is 4.90 Å². The number of hydrogen-bond donors (Lipinski definition) is 2. The fourth-order valence-electron chi connectivity index (χ4n) is 5.14. The van der Waals surface area contributed by atoms with Crippen molar-refractivity contribution in [2.24, 2.45) is 5.92 Å². The summed E-state index contributed by atoms with van der Waals surface area (Å²) in [5.74, 6) is -2.98. The molecule has 228 valence electrons. The Labute approximate surface area is 242 Å². The largest absolute Gasteiger partial charge is 0.492 e. The van der Waals surface area contributed by atoms with Gasteiger partial charge in [-0.25, -0.2) is 14.1 Å². The molecule has 0 radical (unpaired) electrons. The molecular weight excluding hydrogens is 576 g/mol. The van der Waals surface area contributed by atoms with Crippen molar-refractivity contribution in [3.63, 3.8) is 0 Å². The van der Waals surface area contributed by atoms with Crippen molar-refractivity contribution in [3.05, 3.63) is 59.8 Å². The van der Waals surface area contributed by atoms with Gasteiger partial charge in [0.1, 0.15) is 5.75 Å². The van der Waals surface area contributed by atoms with Gasteiger partial charge < -0.3 is 24.4 Å². The first kappa shape index (κ1) is 30.1. The zero-order valence-electron chi connectivity index (χ0n) is 23.0. The summed E-state index contributed by atoms with van der Waals surface area (Å²) in [5, 5.41) is 27.3. The number of aliphatic hydroxyl groups is 1. The Kier molecular flexibility index (Phi) is 8.73. The van der Waals surface area contributed by atoms with Crippen LogP contribution in [0.5, 0.6) is 5.75 Å². The number of alkyl halides is 3. The van der Waals surface area contributed by atoms with Gasteiger partial charge in [0.2, 0.25) is 5.82 Å². The van der Waals surface area contributed by atoms with E-state index in [0.717, 1.165) is 37.8 Å². The molecule has 4 heterocycles. The summed E-state index contributed by atoms with van der Waals surface area (Å²) >= 11 is 0. The summed E-state index contributed by atoms with van der Waals surface area (Å²) in [5.41, 5.74) is -0.889. The van der Waals surface area contributed by atoms with Crippen LogP contribution in [0.1, 0.15) is 43.5 Å². The van der Waals surface area contributed by atoms with E-state index in [-0.39, 0.29) is 30.5 Å². The maximum atomic E-state index is 14.7. The minimum Gasteiger partial charge on any atom is -0.492 e. The van der Waals surface area contributed by atoms with Crippen molar-refractivity contribution in [2.75, 3.05) is 26.2 Å². The van der Waals surface area contributed by atoms with Crippen LogP contribution in [0.25, 0.3) is 28.7 Å². The van der Waals surface area contributed by atoms with Gasteiger partial charge in [0.05, 0.1) is 30.7 Å². The molecule has 2 unspecified atom stereocenters. The minimum atomic E-state index is -4.98. The number of carboxylic acids is 1. The lowest BCUT2D eigenvalue weighted by molar-refractivity contribution is -0.142. The van der Waals surface area contributed by atoms with Crippen molar-refractivity contribution >= 4 is 5.97 Å². The first-order valence-electron chi connectivity index (χ1n) is 13.5. The van der Waals surface area contributed by atoms with Gasteiger partial charge in [-0.05, 0) is 37.8 Å². The van der Waals surface area contributed by atoms with Crippen LogP contribution in [0.4, 0.5) is 17.6 Å². The van der Waals surface area contributed by atoms with Crippen LogP contribution in [-0.2, 0) is 11.0 Å². The zero-order valence-corrected chi connectivity index (χ0v) is 23.0. The van der Waals surface area contributed by atoms with Gasteiger partial charge in [-0.1, -0.05) is 29.4 Å². The number of nitrogens with zero attached hydrogens (tertiary/aromatic N) is 6. The Morgan fingerprint density at radius 1 is 1.23 bits per heavy atom. The summed E-state index contributed by atoms with van der Waals surface area (Å²) in [6.45, 7) is 3.56. The Morgan fingerprint density at radius 2 is 2.00 bits per heavy atom. The van der Waals surface area contributed by atoms with Gasteiger partial charge in [-0.15, -0.1) is 0 Å². The quantitative estimate of drug-likeness (QED) is 0.244. The van der Waals surface area contributed by atoms with E-state index in [1.54, 1.807) is 31.2 Å². The molecule has 15 heteroatoms. The molecule has 0 bridgehead atoms. The van der Waals surface area contributed by atoms with Gasteiger partial charge in [0, 0.05) is 31.1 Å². The van der Waals surface area contributed by atoms with Gasteiger partial charge in [-0.2, -0.15) is 23.3 Å². The number of ether oxygens (including phenoxy) is 1. The smallest absolute Gasteiger partial charge is 0.434 e. The highest BCUT2D eigenvalue weighted by molar-refractivity contribution is 5.67. The van der Waals surface area contributed by atoms with Gasteiger partial charge in [0.15, 0.2) is 17.3 Å². The Bertz CT molecular complexity index is 1570. The van der Waals surface area contributed by atoms with Crippen molar-refractivity contribution in [1.29, 1.82) is 0 Å². The molecule has 43 heavy (non-hydrogen) atoms.